The normalized spacial score (nSPS) is 15.6. The number of aromatic amines is 1. The number of hydrogen-bond donors (Lipinski definition) is 5. The lowest BCUT2D eigenvalue weighted by Crippen LogP contribution is -2.49. The molecule has 61 heavy (non-hydrogen) atoms. The predicted octanol–water partition coefficient (Wildman–Crippen LogP) is 7.14. The third kappa shape index (κ3) is 9.41. The van der Waals surface area contributed by atoms with Gasteiger partial charge >= 0.3 is 17.8 Å². The molecular weight excluding hydrogens is 771 g/mol. The topological polar surface area (TPSA) is 186 Å². The molecule has 3 aromatic carbocycles. The molecule has 2 aliphatic heterocycles. The Morgan fingerprint density at radius 3 is 2.34 bits per heavy atom. The second-order valence-electron chi connectivity index (χ2n) is 17.0. The Hall–Kier alpha value is -6.61. The number of aromatic nitrogens is 5. The second kappa shape index (κ2) is 17.5. The number of fused-ring (bicyclic) bond motifs is 1. The minimum absolute atomic E-state index is 0.0488. The fraction of sp³-hybridized carbons (Fsp3) is 0.370. The maximum atomic E-state index is 12.9. The summed E-state index contributed by atoms with van der Waals surface area (Å²) in [6.45, 7) is 14.9. The van der Waals surface area contributed by atoms with Crippen molar-refractivity contribution in [2.75, 3.05) is 54.4 Å². The molecule has 316 valence electrons. The van der Waals surface area contributed by atoms with Crippen molar-refractivity contribution in [2.24, 2.45) is 5.92 Å². The molecular formula is C46H53N11O4. The first kappa shape index (κ1) is 41.1. The van der Waals surface area contributed by atoms with E-state index >= 15 is 0 Å². The lowest BCUT2D eigenvalue weighted by Gasteiger charge is -2.34. The van der Waals surface area contributed by atoms with Crippen LogP contribution in [0.25, 0.3) is 33.4 Å². The molecule has 0 saturated carbocycles. The Bertz CT molecular complexity index is 2520. The quantitative estimate of drug-likeness (QED) is 0.0746. The van der Waals surface area contributed by atoms with Crippen LogP contribution >= 0.6 is 0 Å². The van der Waals surface area contributed by atoms with Gasteiger partial charge in [0.25, 0.3) is 0 Å². The summed E-state index contributed by atoms with van der Waals surface area (Å²) in [6.07, 6.45) is 4.42. The van der Waals surface area contributed by atoms with E-state index in [1.165, 1.54) is 0 Å². The first-order chi connectivity index (χ1) is 29.4. The molecule has 0 radical (unpaired) electrons. The van der Waals surface area contributed by atoms with Gasteiger partial charge in [0.15, 0.2) is 5.65 Å². The molecule has 8 rings (SSSR count). The number of urea groups is 1. The van der Waals surface area contributed by atoms with Crippen LogP contribution in [-0.4, -0.2) is 82.5 Å². The Morgan fingerprint density at radius 1 is 0.902 bits per heavy atom. The van der Waals surface area contributed by atoms with E-state index in [1.807, 2.05) is 65.1 Å². The summed E-state index contributed by atoms with van der Waals surface area (Å²) in [4.78, 5) is 45.3. The zero-order valence-corrected chi connectivity index (χ0v) is 35.3. The van der Waals surface area contributed by atoms with Crippen molar-refractivity contribution >= 4 is 45.9 Å². The minimum atomic E-state index is -0.410. The van der Waals surface area contributed by atoms with Gasteiger partial charge in [-0.05, 0) is 104 Å². The molecule has 2 aliphatic rings. The molecule has 2 saturated heterocycles. The number of aryl methyl sites for hydroxylation is 1. The molecule has 4 amide bonds. The summed E-state index contributed by atoms with van der Waals surface area (Å²) < 4.78 is 5.63. The smallest absolute Gasteiger partial charge is 0.328 e. The SMILES string of the molecule is Cc1cc(-c2[nH]nc3ncc(-c4ccc(NCCNCC5CCN(c6ccc(N7CCC(=O)NC7=O)cc6)CC5)cc4)cc23)ccc1[C@@H](C)NC(=O)c1nnc(C(C)(C)C)o1. The predicted molar refractivity (Wildman–Crippen MR) is 237 cm³/mol. The summed E-state index contributed by atoms with van der Waals surface area (Å²) in [5, 5.41) is 29.1. The number of hydrogen-bond acceptors (Lipinski definition) is 11. The molecule has 0 aliphatic carbocycles. The number of piperidine rings is 1. The number of nitrogens with zero attached hydrogens (tertiary/aromatic N) is 6. The van der Waals surface area contributed by atoms with Crippen molar-refractivity contribution in [3.05, 3.63) is 102 Å². The maximum Gasteiger partial charge on any atom is 0.328 e. The van der Waals surface area contributed by atoms with Gasteiger partial charge in [-0.1, -0.05) is 45.0 Å². The third-order valence-corrected chi connectivity index (χ3v) is 11.5. The second-order valence-corrected chi connectivity index (χ2v) is 17.0. The minimum Gasteiger partial charge on any atom is -0.416 e. The number of rotatable bonds is 13. The van der Waals surface area contributed by atoms with Gasteiger partial charge in [0.05, 0.1) is 11.7 Å². The number of pyridine rings is 1. The summed E-state index contributed by atoms with van der Waals surface area (Å²) in [5.41, 5.74) is 9.23. The van der Waals surface area contributed by atoms with Crippen molar-refractivity contribution in [2.45, 2.75) is 65.3 Å². The highest BCUT2D eigenvalue weighted by Gasteiger charge is 2.27. The molecule has 5 N–H and O–H groups in total. The van der Waals surface area contributed by atoms with Crippen molar-refractivity contribution in [3.63, 3.8) is 0 Å². The van der Waals surface area contributed by atoms with Crippen LogP contribution < -0.4 is 31.1 Å². The molecule has 2 fully saturated rings. The molecule has 3 aromatic heterocycles. The van der Waals surface area contributed by atoms with E-state index in [0.717, 1.165) is 102 Å². The number of imide groups is 1. The summed E-state index contributed by atoms with van der Waals surface area (Å²) in [7, 11) is 0. The van der Waals surface area contributed by atoms with Crippen LogP contribution in [-0.2, 0) is 10.2 Å². The van der Waals surface area contributed by atoms with Crippen LogP contribution in [0, 0.1) is 12.8 Å². The number of H-pyrrole nitrogens is 1. The van der Waals surface area contributed by atoms with Gasteiger partial charge in [0.1, 0.15) is 0 Å². The Kier molecular flexibility index (Phi) is 11.8. The van der Waals surface area contributed by atoms with E-state index in [0.29, 0.717) is 30.4 Å². The number of carbonyl (C=O) groups is 3. The van der Waals surface area contributed by atoms with Gasteiger partial charge in [0.2, 0.25) is 11.8 Å². The van der Waals surface area contributed by atoms with Crippen molar-refractivity contribution in [3.8, 4) is 22.4 Å². The van der Waals surface area contributed by atoms with Gasteiger partial charge in [0, 0.05) is 84.3 Å². The van der Waals surface area contributed by atoms with Gasteiger partial charge < -0.3 is 25.3 Å². The average molecular weight is 824 g/mol. The molecule has 0 bridgehead atoms. The monoisotopic (exact) mass is 823 g/mol. The highest BCUT2D eigenvalue weighted by molar-refractivity contribution is 6.05. The van der Waals surface area contributed by atoms with Crippen LogP contribution in [0.2, 0.25) is 0 Å². The molecule has 0 unspecified atom stereocenters. The molecule has 15 nitrogen and oxygen atoms in total. The van der Waals surface area contributed by atoms with Gasteiger partial charge in [-0.15, -0.1) is 10.2 Å². The molecule has 5 heterocycles. The number of nitrogens with one attached hydrogen (secondary N) is 5. The van der Waals surface area contributed by atoms with E-state index in [9.17, 15) is 14.4 Å². The zero-order valence-electron chi connectivity index (χ0n) is 35.3. The highest BCUT2D eigenvalue weighted by Crippen LogP contribution is 2.32. The van der Waals surface area contributed by atoms with Crippen molar-refractivity contribution in [1.29, 1.82) is 0 Å². The van der Waals surface area contributed by atoms with Crippen LogP contribution in [0.15, 0.2) is 83.4 Å². The van der Waals surface area contributed by atoms with Gasteiger partial charge in [-0.2, -0.15) is 5.10 Å². The standard InChI is InChI=1S/C46H53N11O4/c1-28-24-32(8-15-37(28)29(2)50-42(59)43-54-55-44(61-43)46(3,4)5)40-38-25-33(27-49-41(38)53-52-40)31-6-9-34(10-7-31)48-20-19-47-26-30-16-21-56(22-17-30)35-11-13-36(14-12-35)57-23-18-39(58)51-45(57)60/h6-15,24-25,27,29-30,47-48H,16-23,26H2,1-5H3,(H,50,59)(H,49,52,53)(H,51,58,60)/t29-/m1/s1. The first-order valence-electron chi connectivity index (χ1n) is 21.0. The number of benzene rings is 3. The summed E-state index contributed by atoms with van der Waals surface area (Å²) in [5.74, 6) is 0.363. The zero-order chi connectivity index (χ0) is 42.7. The number of carbonyl (C=O) groups excluding carboxylic acids is 3. The first-order valence-corrected chi connectivity index (χ1v) is 21.0. The van der Waals surface area contributed by atoms with Gasteiger partial charge in [-0.25, -0.2) is 9.78 Å². The molecule has 6 aromatic rings. The average Bonchev–Trinajstić information content (AvgIpc) is 3.93. The van der Waals surface area contributed by atoms with E-state index in [2.05, 4.69) is 100 Å². The van der Waals surface area contributed by atoms with Crippen molar-refractivity contribution < 1.29 is 18.8 Å². The molecule has 0 spiro atoms. The van der Waals surface area contributed by atoms with Gasteiger partial charge in [-0.3, -0.25) is 24.9 Å². The highest BCUT2D eigenvalue weighted by atomic mass is 16.4. The molecule has 15 heteroatoms. The van der Waals surface area contributed by atoms with Crippen LogP contribution in [0.5, 0.6) is 0 Å². The maximum absolute atomic E-state index is 12.9. The van der Waals surface area contributed by atoms with E-state index in [4.69, 9.17) is 4.42 Å². The largest absolute Gasteiger partial charge is 0.416 e. The Balaban J connectivity index is 0.795. The van der Waals surface area contributed by atoms with Crippen molar-refractivity contribution in [1.82, 2.24) is 41.3 Å². The van der Waals surface area contributed by atoms with Crippen LogP contribution in [0.4, 0.5) is 21.9 Å². The fourth-order valence-electron chi connectivity index (χ4n) is 7.98. The lowest BCUT2D eigenvalue weighted by atomic mass is 9.96. The fourth-order valence-corrected chi connectivity index (χ4v) is 7.98. The number of amides is 4. The third-order valence-electron chi connectivity index (χ3n) is 11.5. The lowest BCUT2D eigenvalue weighted by molar-refractivity contribution is -0.120. The van der Waals surface area contributed by atoms with E-state index in [1.54, 1.807) is 4.90 Å². The van der Waals surface area contributed by atoms with Crippen LogP contribution in [0.1, 0.15) is 80.7 Å². The molecule has 1 atom stereocenters. The number of anilines is 3. The summed E-state index contributed by atoms with van der Waals surface area (Å²) in [6, 6.07) is 24.1. The Labute approximate surface area is 355 Å². The summed E-state index contributed by atoms with van der Waals surface area (Å²) >= 11 is 0. The van der Waals surface area contributed by atoms with E-state index < -0.39 is 5.91 Å². The Morgan fingerprint density at radius 2 is 1.64 bits per heavy atom. The van der Waals surface area contributed by atoms with E-state index in [-0.39, 0.29) is 29.3 Å². The van der Waals surface area contributed by atoms with Crippen LogP contribution in [0.3, 0.4) is 0 Å².